The van der Waals surface area contributed by atoms with E-state index in [0.717, 1.165) is 24.5 Å². The van der Waals surface area contributed by atoms with E-state index < -0.39 is 0 Å². The topological polar surface area (TPSA) is 30.5 Å². The predicted molar refractivity (Wildman–Crippen MR) is 64.3 cm³/mol. The highest BCUT2D eigenvalue weighted by Gasteiger charge is 2.30. The first-order valence-electron chi connectivity index (χ1n) is 5.59. The van der Waals surface area contributed by atoms with Gasteiger partial charge in [-0.25, -0.2) is 0 Å². The Hall–Kier alpha value is -1.22. The number of benzene rings is 1. The van der Waals surface area contributed by atoms with Crippen molar-refractivity contribution >= 4 is 0 Å². The molecule has 16 heavy (non-hydrogen) atoms. The van der Waals surface area contributed by atoms with Crippen molar-refractivity contribution in [2.75, 3.05) is 20.8 Å². The molecule has 0 amide bonds. The van der Waals surface area contributed by atoms with Crippen molar-refractivity contribution < 1.29 is 9.47 Å². The first-order valence-corrected chi connectivity index (χ1v) is 5.59. The summed E-state index contributed by atoms with van der Waals surface area (Å²) < 4.78 is 10.8. The van der Waals surface area contributed by atoms with Crippen LogP contribution in [0.2, 0.25) is 0 Å². The molecule has 0 fully saturated rings. The van der Waals surface area contributed by atoms with Gasteiger partial charge >= 0.3 is 0 Å². The van der Waals surface area contributed by atoms with E-state index in [1.807, 2.05) is 6.07 Å². The SMILES string of the molecule is COc1cc2c(c(OC)c1)C(C)(C)NCC2. The molecule has 0 saturated heterocycles. The lowest BCUT2D eigenvalue weighted by Gasteiger charge is -2.35. The Labute approximate surface area is 96.8 Å². The molecule has 0 atom stereocenters. The molecule has 1 aromatic carbocycles. The normalized spacial score (nSPS) is 17.8. The minimum atomic E-state index is -0.0365. The molecule has 88 valence electrons. The summed E-state index contributed by atoms with van der Waals surface area (Å²) in [6.45, 7) is 5.36. The van der Waals surface area contributed by atoms with E-state index in [1.165, 1.54) is 11.1 Å². The van der Waals surface area contributed by atoms with Crippen LogP contribution in [-0.4, -0.2) is 20.8 Å². The van der Waals surface area contributed by atoms with Crippen molar-refractivity contribution in [3.05, 3.63) is 23.3 Å². The summed E-state index contributed by atoms with van der Waals surface area (Å²) in [5.41, 5.74) is 2.53. The second kappa shape index (κ2) is 3.98. The van der Waals surface area contributed by atoms with Crippen LogP contribution in [0.25, 0.3) is 0 Å². The Bertz CT molecular complexity index is 382. The highest BCUT2D eigenvalue weighted by atomic mass is 16.5. The Kier molecular flexibility index (Phi) is 2.80. The molecule has 1 aliphatic rings. The molecular weight excluding hydrogens is 202 g/mol. The summed E-state index contributed by atoms with van der Waals surface area (Å²) in [6, 6.07) is 4.06. The number of fused-ring (bicyclic) bond motifs is 1. The highest BCUT2D eigenvalue weighted by Crippen LogP contribution is 2.38. The van der Waals surface area contributed by atoms with E-state index >= 15 is 0 Å². The number of methoxy groups -OCH3 is 2. The molecule has 0 spiro atoms. The van der Waals surface area contributed by atoms with Crippen LogP contribution in [0.5, 0.6) is 11.5 Å². The number of ether oxygens (including phenoxy) is 2. The van der Waals surface area contributed by atoms with Gasteiger partial charge in [-0.2, -0.15) is 0 Å². The minimum Gasteiger partial charge on any atom is -0.497 e. The molecule has 3 nitrogen and oxygen atoms in total. The summed E-state index contributed by atoms with van der Waals surface area (Å²) in [4.78, 5) is 0. The van der Waals surface area contributed by atoms with Crippen LogP contribution in [0, 0.1) is 0 Å². The maximum absolute atomic E-state index is 5.47. The molecule has 1 N–H and O–H groups in total. The lowest BCUT2D eigenvalue weighted by molar-refractivity contribution is 0.339. The molecule has 0 aliphatic carbocycles. The monoisotopic (exact) mass is 221 g/mol. The summed E-state index contributed by atoms with van der Waals surface area (Å²) in [6.07, 6.45) is 1.02. The Morgan fingerprint density at radius 1 is 1.19 bits per heavy atom. The maximum atomic E-state index is 5.47. The summed E-state index contributed by atoms with van der Waals surface area (Å²) in [5, 5.41) is 3.51. The maximum Gasteiger partial charge on any atom is 0.127 e. The molecule has 3 heteroatoms. The fourth-order valence-electron chi connectivity index (χ4n) is 2.43. The smallest absolute Gasteiger partial charge is 0.127 e. The first-order chi connectivity index (χ1) is 7.58. The van der Waals surface area contributed by atoms with E-state index in [9.17, 15) is 0 Å². The van der Waals surface area contributed by atoms with E-state index in [0.29, 0.717) is 0 Å². The van der Waals surface area contributed by atoms with Crippen molar-refractivity contribution in [3.63, 3.8) is 0 Å². The fraction of sp³-hybridized carbons (Fsp3) is 0.538. The van der Waals surface area contributed by atoms with Gasteiger partial charge < -0.3 is 14.8 Å². The van der Waals surface area contributed by atoms with Crippen molar-refractivity contribution in [2.45, 2.75) is 25.8 Å². The molecule has 0 aromatic heterocycles. The minimum absolute atomic E-state index is 0.0365. The lowest BCUT2D eigenvalue weighted by atomic mass is 9.84. The third-order valence-corrected chi connectivity index (χ3v) is 3.20. The molecule has 1 heterocycles. The Balaban J connectivity index is 2.60. The van der Waals surface area contributed by atoms with Gasteiger partial charge in [0, 0.05) is 17.2 Å². The van der Waals surface area contributed by atoms with Crippen LogP contribution in [0.4, 0.5) is 0 Å². The fourth-order valence-corrected chi connectivity index (χ4v) is 2.43. The van der Waals surface area contributed by atoms with Gasteiger partial charge in [-0.05, 0) is 38.4 Å². The molecule has 0 unspecified atom stereocenters. The molecule has 0 radical (unpaired) electrons. The van der Waals surface area contributed by atoms with Crippen LogP contribution in [0.15, 0.2) is 12.1 Å². The molecule has 1 aromatic rings. The zero-order chi connectivity index (χ0) is 11.8. The van der Waals surface area contributed by atoms with Gasteiger partial charge in [-0.3, -0.25) is 0 Å². The van der Waals surface area contributed by atoms with E-state index in [1.54, 1.807) is 14.2 Å². The van der Waals surface area contributed by atoms with E-state index in [-0.39, 0.29) is 5.54 Å². The van der Waals surface area contributed by atoms with Crippen LogP contribution < -0.4 is 14.8 Å². The second-order valence-corrected chi connectivity index (χ2v) is 4.67. The van der Waals surface area contributed by atoms with Gasteiger partial charge in [-0.15, -0.1) is 0 Å². The number of hydrogen-bond donors (Lipinski definition) is 1. The van der Waals surface area contributed by atoms with Gasteiger partial charge in [0.05, 0.1) is 14.2 Å². The summed E-state index contributed by atoms with van der Waals surface area (Å²) in [7, 11) is 3.40. The van der Waals surface area contributed by atoms with Crippen LogP contribution in [-0.2, 0) is 12.0 Å². The quantitative estimate of drug-likeness (QED) is 0.829. The lowest BCUT2D eigenvalue weighted by Crippen LogP contribution is -2.42. The molecule has 0 bridgehead atoms. The van der Waals surface area contributed by atoms with Crippen LogP contribution in [0.1, 0.15) is 25.0 Å². The Morgan fingerprint density at radius 2 is 1.94 bits per heavy atom. The van der Waals surface area contributed by atoms with Gasteiger partial charge in [0.1, 0.15) is 11.5 Å². The molecular formula is C13H19NO2. The van der Waals surface area contributed by atoms with Gasteiger partial charge in [0.25, 0.3) is 0 Å². The van der Waals surface area contributed by atoms with Gasteiger partial charge in [-0.1, -0.05) is 0 Å². The van der Waals surface area contributed by atoms with Crippen LogP contribution >= 0.6 is 0 Å². The number of rotatable bonds is 2. The Morgan fingerprint density at radius 3 is 2.56 bits per heavy atom. The summed E-state index contributed by atoms with van der Waals surface area (Å²) in [5.74, 6) is 1.78. The van der Waals surface area contributed by atoms with Crippen LogP contribution in [0.3, 0.4) is 0 Å². The zero-order valence-corrected chi connectivity index (χ0v) is 10.4. The van der Waals surface area contributed by atoms with Crippen molar-refractivity contribution in [3.8, 4) is 11.5 Å². The van der Waals surface area contributed by atoms with E-state index in [4.69, 9.17) is 9.47 Å². The van der Waals surface area contributed by atoms with E-state index in [2.05, 4.69) is 25.2 Å². The van der Waals surface area contributed by atoms with Crippen molar-refractivity contribution in [1.29, 1.82) is 0 Å². The predicted octanol–water partition coefficient (Wildman–Crippen LogP) is 2.08. The molecule has 1 aliphatic heterocycles. The average molecular weight is 221 g/mol. The van der Waals surface area contributed by atoms with Gasteiger partial charge in [0.2, 0.25) is 0 Å². The molecule has 0 saturated carbocycles. The van der Waals surface area contributed by atoms with Crippen molar-refractivity contribution in [1.82, 2.24) is 5.32 Å². The first kappa shape index (κ1) is 11.3. The largest absolute Gasteiger partial charge is 0.497 e. The molecule has 2 rings (SSSR count). The third-order valence-electron chi connectivity index (χ3n) is 3.20. The second-order valence-electron chi connectivity index (χ2n) is 4.67. The van der Waals surface area contributed by atoms with Gasteiger partial charge in [0.15, 0.2) is 0 Å². The highest BCUT2D eigenvalue weighted by molar-refractivity contribution is 5.51. The van der Waals surface area contributed by atoms with Crippen molar-refractivity contribution in [2.24, 2.45) is 0 Å². The average Bonchev–Trinajstić information content (AvgIpc) is 2.26. The number of nitrogens with one attached hydrogen (secondary N) is 1. The standard InChI is InChI=1S/C13H19NO2/c1-13(2)12-9(5-6-14-13)7-10(15-3)8-11(12)16-4/h7-8,14H,5-6H2,1-4H3. The summed E-state index contributed by atoms with van der Waals surface area (Å²) >= 11 is 0. The third kappa shape index (κ3) is 1.76. The number of hydrogen-bond acceptors (Lipinski definition) is 3. The zero-order valence-electron chi connectivity index (χ0n) is 10.4.